The van der Waals surface area contributed by atoms with Crippen LogP contribution in [0.25, 0.3) is 0 Å². The summed E-state index contributed by atoms with van der Waals surface area (Å²) >= 11 is -1.53. The van der Waals surface area contributed by atoms with Crippen LogP contribution in [0.1, 0.15) is 0 Å². The SMILES string of the molecule is Fc1ccc([O][Zr+2][O]c2ccc(F)cc2)cc1.[Cl-].[Cl-]. The molecule has 0 saturated carbocycles. The summed E-state index contributed by atoms with van der Waals surface area (Å²) in [6.07, 6.45) is 0. The Hall–Kier alpha value is -0.637. The van der Waals surface area contributed by atoms with Crippen molar-refractivity contribution in [2.24, 2.45) is 0 Å². The molecule has 0 saturated heterocycles. The first-order chi connectivity index (χ1) is 8.24. The summed E-state index contributed by atoms with van der Waals surface area (Å²) in [7, 11) is 0. The molecule has 0 fully saturated rings. The van der Waals surface area contributed by atoms with Crippen molar-refractivity contribution in [3.05, 3.63) is 60.2 Å². The van der Waals surface area contributed by atoms with Crippen molar-refractivity contribution in [1.82, 2.24) is 0 Å². The zero-order valence-corrected chi connectivity index (χ0v) is 13.4. The zero-order valence-electron chi connectivity index (χ0n) is 9.45. The van der Waals surface area contributed by atoms with E-state index in [0.717, 1.165) is 0 Å². The number of hydrogen-bond acceptors (Lipinski definition) is 2. The van der Waals surface area contributed by atoms with Crippen LogP contribution >= 0.6 is 0 Å². The fourth-order valence-electron chi connectivity index (χ4n) is 1.12. The Labute approximate surface area is 134 Å². The second-order valence-electron chi connectivity index (χ2n) is 3.20. The van der Waals surface area contributed by atoms with E-state index in [0.29, 0.717) is 11.5 Å². The van der Waals surface area contributed by atoms with Crippen LogP contribution < -0.4 is 30.4 Å². The third kappa shape index (κ3) is 6.37. The van der Waals surface area contributed by atoms with Crippen molar-refractivity contribution in [3.8, 4) is 11.5 Å². The van der Waals surface area contributed by atoms with Gasteiger partial charge in [-0.05, 0) is 0 Å². The minimum Gasteiger partial charge on any atom is -1.00 e. The van der Waals surface area contributed by atoms with E-state index in [9.17, 15) is 8.78 Å². The number of benzene rings is 2. The third-order valence-electron chi connectivity index (χ3n) is 1.95. The van der Waals surface area contributed by atoms with Crippen LogP contribution in [-0.4, -0.2) is 0 Å². The van der Waals surface area contributed by atoms with Crippen LogP contribution in [0.5, 0.6) is 11.5 Å². The second kappa shape index (κ2) is 9.30. The van der Waals surface area contributed by atoms with Crippen LogP contribution in [0.2, 0.25) is 0 Å². The molecule has 7 heteroatoms. The van der Waals surface area contributed by atoms with E-state index in [1.807, 2.05) is 0 Å². The summed E-state index contributed by atoms with van der Waals surface area (Å²) in [5.74, 6) is 0.560. The van der Waals surface area contributed by atoms with Crippen LogP contribution in [0.3, 0.4) is 0 Å². The van der Waals surface area contributed by atoms with Crippen LogP contribution in [0.4, 0.5) is 8.78 Å². The normalized spacial score (nSPS) is 8.53. The molecule has 0 heterocycles. The van der Waals surface area contributed by atoms with E-state index >= 15 is 0 Å². The molecule has 19 heavy (non-hydrogen) atoms. The molecule has 0 amide bonds. The zero-order chi connectivity index (χ0) is 12.1. The van der Waals surface area contributed by atoms with E-state index in [-0.39, 0.29) is 36.4 Å². The van der Waals surface area contributed by atoms with Gasteiger partial charge in [-0.3, -0.25) is 0 Å². The molecular weight excluding hydrogens is 376 g/mol. The first-order valence-corrected chi connectivity index (χ1v) is 6.84. The van der Waals surface area contributed by atoms with Gasteiger partial charge in [0.1, 0.15) is 0 Å². The minimum atomic E-state index is -1.53. The quantitative estimate of drug-likeness (QED) is 0.573. The summed E-state index contributed by atoms with van der Waals surface area (Å²) in [6, 6.07) is 11.5. The fourth-order valence-corrected chi connectivity index (χ4v) is 2.37. The molecule has 0 aromatic heterocycles. The second-order valence-corrected chi connectivity index (χ2v) is 4.61. The minimum absolute atomic E-state index is 0. The van der Waals surface area contributed by atoms with E-state index in [4.69, 9.17) is 5.63 Å². The van der Waals surface area contributed by atoms with Gasteiger partial charge in [-0.25, -0.2) is 0 Å². The maximum absolute atomic E-state index is 12.6. The Morgan fingerprint density at radius 3 is 1.26 bits per heavy atom. The summed E-state index contributed by atoms with van der Waals surface area (Å²) < 4.78 is 36.0. The average molecular weight is 384 g/mol. The Morgan fingerprint density at radius 1 is 0.632 bits per heavy atom. The molecule has 0 radical (unpaired) electrons. The van der Waals surface area contributed by atoms with Gasteiger partial charge in [0, 0.05) is 0 Å². The predicted molar refractivity (Wildman–Crippen MR) is 54.1 cm³/mol. The Kier molecular flexibility index (Phi) is 8.98. The topological polar surface area (TPSA) is 18.5 Å². The van der Waals surface area contributed by atoms with E-state index in [1.165, 1.54) is 24.3 Å². The summed E-state index contributed by atoms with van der Waals surface area (Å²) in [5, 5.41) is 0. The van der Waals surface area contributed by atoms with Gasteiger partial charge in [0.2, 0.25) is 0 Å². The van der Waals surface area contributed by atoms with Gasteiger partial charge in [0.05, 0.1) is 0 Å². The predicted octanol–water partition coefficient (Wildman–Crippen LogP) is -2.66. The molecule has 2 rings (SSSR count). The molecule has 0 N–H and O–H groups in total. The average Bonchev–Trinajstić information content (AvgIpc) is 2.34. The molecule has 0 atom stereocenters. The first-order valence-electron chi connectivity index (χ1n) is 4.84. The van der Waals surface area contributed by atoms with Gasteiger partial charge < -0.3 is 24.8 Å². The molecule has 0 spiro atoms. The maximum atomic E-state index is 12.6. The number of hydrogen-bond donors (Lipinski definition) is 0. The van der Waals surface area contributed by atoms with Crippen LogP contribution in [-0.2, 0) is 24.1 Å². The van der Waals surface area contributed by atoms with Gasteiger partial charge in [0.25, 0.3) is 0 Å². The van der Waals surface area contributed by atoms with Crippen molar-refractivity contribution in [2.75, 3.05) is 0 Å². The van der Waals surface area contributed by atoms with Crippen molar-refractivity contribution in [1.29, 1.82) is 0 Å². The molecule has 0 aliphatic carbocycles. The molecule has 2 nitrogen and oxygen atoms in total. The number of rotatable bonds is 4. The smallest absolute Gasteiger partial charge is 1.00 e. The van der Waals surface area contributed by atoms with Gasteiger partial charge in [-0.15, -0.1) is 0 Å². The molecule has 2 aromatic rings. The van der Waals surface area contributed by atoms with Crippen molar-refractivity contribution in [3.63, 3.8) is 0 Å². The van der Waals surface area contributed by atoms with Gasteiger partial charge >= 0.3 is 110 Å². The summed E-state index contributed by atoms with van der Waals surface area (Å²) in [5.41, 5.74) is 0. The number of halogens is 4. The summed E-state index contributed by atoms with van der Waals surface area (Å²) in [4.78, 5) is 0. The third-order valence-corrected chi connectivity index (χ3v) is 3.51. The van der Waals surface area contributed by atoms with Crippen LogP contribution in [0.15, 0.2) is 48.5 Å². The summed E-state index contributed by atoms with van der Waals surface area (Å²) in [6.45, 7) is 0. The molecule has 0 unspecified atom stereocenters. The Morgan fingerprint density at radius 2 is 0.947 bits per heavy atom. The Balaban J connectivity index is 0.00000162. The van der Waals surface area contributed by atoms with Gasteiger partial charge in [0.15, 0.2) is 0 Å². The molecule has 2 aromatic carbocycles. The van der Waals surface area contributed by atoms with E-state index in [1.54, 1.807) is 24.3 Å². The Bertz CT molecular complexity index is 435. The monoisotopic (exact) mass is 382 g/mol. The standard InChI is InChI=1S/2C6H5FO.2ClH.Zr/c2*7-5-1-3-6(8)4-2-5;;;/h2*1-4,8H;2*1H;/q;;;;+4/p-4. The van der Waals surface area contributed by atoms with Crippen molar-refractivity contribution < 1.29 is 63.3 Å². The molecule has 100 valence electrons. The van der Waals surface area contributed by atoms with Gasteiger partial charge in [-0.1, -0.05) is 0 Å². The van der Waals surface area contributed by atoms with Crippen molar-refractivity contribution in [2.45, 2.75) is 0 Å². The molecule has 0 bridgehead atoms. The molecule has 0 aliphatic rings. The fraction of sp³-hybridized carbons (Fsp3) is 0. The van der Waals surface area contributed by atoms with E-state index < -0.39 is 24.1 Å². The van der Waals surface area contributed by atoms with Crippen molar-refractivity contribution >= 4 is 0 Å². The van der Waals surface area contributed by atoms with Crippen LogP contribution in [0, 0.1) is 11.6 Å². The molecule has 0 aliphatic heterocycles. The van der Waals surface area contributed by atoms with Gasteiger partial charge in [-0.2, -0.15) is 0 Å². The maximum Gasteiger partial charge on any atom is -1.00 e. The largest absolute Gasteiger partial charge is 1.00 e. The molecular formula is C12H8Cl2F2O2Zr. The first kappa shape index (κ1) is 18.4. The van der Waals surface area contributed by atoms with E-state index in [2.05, 4.69) is 0 Å².